The van der Waals surface area contributed by atoms with E-state index in [4.69, 9.17) is 16.3 Å². The molecule has 0 aromatic carbocycles. The molecule has 11 heteroatoms. The van der Waals surface area contributed by atoms with Crippen LogP contribution in [0.4, 0.5) is 10.2 Å². The molecule has 0 aliphatic carbocycles. The van der Waals surface area contributed by atoms with Crippen LogP contribution in [-0.4, -0.2) is 72.8 Å². The second kappa shape index (κ2) is 7.20. The van der Waals surface area contributed by atoms with Crippen molar-refractivity contribution < 1.29 is 19.3 Å². The standard InChI is InChI=1S/C15H20ClFN6O3/c16-15-19-12(21-22-4-2-1-3-5-22)9-13(20-15)23(7-18-9)14-11(25)10(24)8(6-17)26-14/h7-8,10-11,14,24-25H,1-6H2,(H,19,20,21)/t8-,10?,11?,14-/m1/s1. The number of aromatic nitrogens is 4. The summed E-state index contributed by atoms with van der Waals surface area (Å²) in [4.78, 5) is 12.7. The van der Waals surface area contributed by atoms with Crippen molar-refractivity contribution in [2.45, 2.75) is 43.8 Å². The van der Waals surface area contributed by atoms with Crippen molar-refractivity contribution in [2.24, 2.45) is 0 Å². The van der Waals surface area contributed by atoms with Crippen LogP contribution in [0.3, 0.4) is 0 Å². The van der Waals surface area contributed by atoms with Crippen LogP contribution >= 0.6 is 11.6 Å². The van der Waals surface area contributed by atoms with E-state index in [1.807, 2.05) is 5.01 Å². The first-order valence-corrected chi connectivity index (χ1v) is 8.95. The Balaban J connectivity index is 1.67. The second-order valence-corrected chi connectivity index (χ2v) is 6.86. The minimum Gasteiger partial charge on any atom is -0.387 e. The topological polar surface area (TPSA) is 109 Å². The molecule has 4 rings (SSSR count). The van der Waals surface area contributed by atoms with Crippen LogP contribution in [0, 0.1) is 0 Å². The number of hydrogen-bond acceptors (Lipinski definition) is 8. The Hall–Kier alpha value is -1.59. The van der Waals surface area contributed by atoms with E-state index in [2.05, 4.69) is 20.4 Å². The van der Waals surface area contributed by atoms with Gasteiger partial charge in [-0.3, -0.25) is 4.57 Å². The van der Waals surface area contributed by atoms with Crippen molar-refractivity contribution in [2.75, 3.05) is 25.2 Å². The normalized spacial score (nSPS) is 30.2. The number of aliphatic hydroxyl groups is 2. The molecule has 9 nitrogen and oxygen atoms in total. The average molecular weight is 387 g/mol. The highest BCUT2D eigenvalue weighted by Crippen LogP contribution is 2.33. The minimum atomic E-state index is -1.33. The van der Waals surface area contributed by atoms with Gasteiger partial charge in [-0.1, -0.05) is 6.42 Å². The molecule has 2 saturated heterocycles. The lowest BCUT2D eigenvalue weighted by molar-refractivity contribution is -0.0409. The molecule has 2 aliphatic rings. The number of rotatable bonds is 4. The van der Waals surface area contributed by atoms with Gasteiger partial charge in [0.1, 0.15) is 25.0 Å². The zero-order chi connectivity index (χ0) is 18.3. The highest BCUT2D eigenvalue weighted by atomic mass is 35.5. The number of halogens is 2. The largest absolute Gasteiger partial charge is 0.387 e. The van der Waals surface area contributed by atoms with E-state index in [9.17, 15) is 14.6 Å². The molecule has 2 aliphatic heterocycles. The molecule has 2 aromatic heterocycles. The van der Waals surface area contributed by atoms with Gasteiger partial charge in [0, 0.05) is 13.1 Å². The first-order valence-electron chi connectivity index (χ1n) is 8.57. The molecule has 142 valence electrons. The van der Waals surface area contributed by atoms with Crippen LogP contribution in [0.2, 0.25) is 5.28 Å². The maximum atomic E-state index is 13.0. The molecule has 2 unspecified atom stereocenters. The summed E-state index contributed by atoms with van der Waals surface area (Å²) in [7, 11) is 0. The van der Waals surface area contributed by atoms with Crippen LogP contribution in [0.1, 0.15) is 25.5 Å². The summed E-state index contributed by atoms with van der Waals surface area (Å²) in [6, 6.07) is 0. The number of piperidine rings is 1. The van der Waals surface area contributed by atoms with E-state index in [0.29, 0.717) is 17.0 Å². The highest BCUT2D eigenvalue weighted by molar-refractivity contribution is 6.28. The predicted octanol–water partition coefficient (Wildman–Crippen LogP) is 0.881. The summed E-state index contributed by atoms with van der Waals surface area (Å²) in [6.45, 7) is 0.871. The number of imidazole rings is 1. The van der Waals surface area contributed by atoms with Crippen molar-refractivity contribution in [3.05, 3.63) is 11.6 Å². The van der Waals surface area contributed by atoms with Crippen molar-refractivity contribution in [1.82, 2.24) is 24.5 Å². The maximum absolute atomic E-state index is 13.0. The molecular formula is C15H20ClFN6O3. The number of ether oxygens (including phenoxy) is 1. The number of aliphatic hydroxyl groups excluding tert-OH is 2. The van der Waals surface area contributed by atoms with Crippen LogP contribution in [-0.2, 0) is 4.74 Å². The fourth-order valence-electron chi connectivity index (χ4n) is 3.40. The Morgan fingerprint density at radius 3 is 2.69 bits per heavy atom. The SMILES string of the molecule is OC1C(O)[C@@H](CF)O[C@H]1n1cnc2c(NN3CCCCC3)nc(Cl)nc21. The maximum Gasteiger partial charge on any atom is 0.226 e. The van der Waals surface area contributed by atoms with Gasteiger partial charge in [0.05, 0.1) is 6.33 Å². The third-order valence-electron chi connectivity index (χ3n) is 4.78. The first-order chi connectivity index (χ1) is 12.6. The summed E-state index contributed by atoms with van der Waals surface area (Å²) in [5.74, 6) is 0.454. The van der Waals surface area contributed by atoms with Crippen LogP contribution in [0.25, 0.3) is 11.2 Å². The molecule has 0 radical (unpaired) electrons. The third kappa shape index (κ3) is 3.12. The fourth-order valence-corrected chi connectivity index (χ4v) is 3.56. The van der Waals surface area contributed by atoms with E-state index in [1.165, 1.54) is 17.3 Å². The number of alkyl halides is 1. The number of nitrogens with one attached hydrogen (secondary N) is 1. The van der Waals surface area contributed by atoms with Crippen LogP contribution < -0.4 is 5.43 Å². The Kier molecular flexibility index (Phi) is 4.93. The van der Waals surface area contributed by atoms with E-state index in [1.54, 1.807) is 0 Å². The Labute approximate surface area is 153 Å². The summed E-state index contributed by atoms with van der Waals surface area (Å²) < 4.78 is 19.8. The van der Waals surface area contributed by atoms with E-state index < -0.39 is 31.2 Å². The van der Waals surface area contributed by atoms with E-state index in [-0.39, 0.29) is 5.28 Å². The Morgan fingerprint density at radius 1 is 1.23 bits per heavy atom. The number of hydrogen-bond donors (Lipinski definition) is 3. The molecule has 0 saturated carbocycles. The molecule has 4 atom stereocenters. The molecule has 4 heterocycles. The summed E-state index contributed by atoms with van der Waals surface area (Å²) in [6.07, 6.45) is 0.0496. The van der Waals surface area contributed by atoms with Crippen molar-refractivity contribution in [1.29, 1.82) is 0 Å². The van der Waals surface area contributed by atoms with Crippen molar-refractivity contribution in [3.8, 4) is 0 Å². The summed E-state index contributed by atoms with van der Waals surface area (Å²) in [5.41, 5.74) is 4.00. The van der Waals surface area contributed by atoms with Gasteiger partial charge in [0.15, 0.2) is 23.2 Å². The number of anilines is 1. The van der Waals surface area contributed by atoms with Gasteiger partial charge in [0.25, 0.3) is 0 Å². The molecule has 0 bridgehead atoms. The number of nitrogens with zero attached hydrogens (tertiary/aromatic N) is 5. The van der Waals surface area contributed by atoms with Gasteiger partial charge < -0.3 is 20.4 Å². The second-order valence-electron chi connectivity index (χ2n) is 6.53. The van der Waals surface area contributed by atoms with Crippen LogP contribution in [0.15, 0.2) is 6.33 Å². The minimum absolute atomic E-state index is 0.00818. The quantitative estimate of drug-likeness (QED) is 0.664. The Bertz CT molecular complexity index is 786. The molecule has 0 spiro atoms. The first kappa shape index (κ1) is 17.8. The Morgan fingerprint density at radius 2 is 2.00 bits per heavy atom. The van der Waals surface area contributed by atoms with Crippen molar-refractivity contribution in [3.63, 3.8) is 0 Å². The molecule has 0 amide bonds. The molecule has 2 aromatic rings. The lowest BCUT2D eigenvalue weighted by atomic mass is 10.1. The zero-order valence-electron chi connectivity index (χ0n) is 13.9. The third-order valence-corrected chi connectivity index (χ3v) is 4.95. The highest BCUT2D eigenvalue weighted by Gasteiger charge is 2.44. The zero-order valence-corrected chi connectivity index (χ0v) is 14.7. The van der Waals surface area contributed by atoms with Gasteiger partial charge in [-0.15, -0.1) is 0 Å². The monoisotopic (exact) mass is 386 g/mol. The fraction of sp³-hybridized carbons (Fsp3) is 0.667. The lowest BCUT2D eigenvalue weighted by Gasteiger charge is -2.27. The lowest BCUT2D eigenvalue weighted by Crippen LogP contribution is -2.35. The van der Waals surface area contributed by atoms with Crippen LogP contribution in [0.5, 0.6) is 0 Å². The predicted molar refractivity (Wildman–Crippen MR) is 91.3 cm³/mol. The molecule has 2 fully saturated rings. The van der Waals surface area contributed by atoms with Gasteiger partial charge >= 0.3 is 0 Å². The molecular weight excluding hydrogens is 367 g/mol. The smallest absolute Gasteiger partial charge is 0.226 e. The molecule has 3 N–H and O–H groups in total. The van der Waals surface area contributed by atoms with Gasteiger partial charge in [0.2, 0.25) is 5.28 Å². The molecule has 26 heavy (non-hydrogen) atoms. The van der Waals surface area contributed by atoms with E-state index in [0.717, 1.165) is 25.9 Å². The van der Waals surface area contributed by atoms with Gasteiger partial charge in [-0.2, -0.15) is 9.97 Å². The number of hydrazine groups is 1. The van der Waals surface area contributed by atoms with Gasteiger partial charge in [-0.05, 0) is 24.4 Å². The summed E-state index contributed by atoms with van der Waals surface area (Å²) in [5, 5.41) is 22.2. The van der Waals surface area contributed by atoms with Gasteiger partial charge in [-0.25, -0.2) is 14.4 Å². The van der Waals surface area contributed by atoms with E-state index >= 15 is 0 Å². The summed E-state index contributed by atoms with van der Waals surface area (Å²) >= 11 is 6.06. The van der Waals surface area contributed by atoms with Crippen molar-refractivity contribution >= 4 is 28.6 Å². The number of fused-ring (bicyclic) bond motifs is 1. The average Bonchev–Trinajstić information content (AvgIpc) is 3.17.